The molecule has 0 spiro atoms. The van der Waals surface area contributed by atoms with E-state index in [1.54, 1.807) is 0 Å². The van der Waals surface area contributed by atoms with Crippen LogP contribution in [0, 0.1) is 0 Å². The molecule has 1 atom stereocenters. The maximum atomic E-state index is 11.4. The van der Waals surface area contributed by atoms with Gasteiger partial charge in [0.15, 0.2) is 0 Å². The first-order valence-electron chi connectivity index (χ1n) is 4.07. The number of nitrogens with zero attached hydrogens (tertiary/aromatic N) is 1. The van der Waals surface area contributed by atoms with Gasteiger partial charge in [-0.25, -0.2) is 0 Å². The molecule has 2 amide bonds. The molecule has 0 aliphatic carbocycles. The smallest absolute Gasteiger partial charge is 0.242 e. The Morgan fingerprint density at radius 3 is 2.67 bits per heavy atom. The Balaban J connectivity index is 2.64. The molecule has 1 aliphatic heterocycles. The number of carbonyl (C=O) groups excluding carboxylic acids is 2. The lowest BCUT2D eigenvalue weighted by atomic mass is 10.4. The number of hydrogen-bond donors (Lipinski definition) is 0. The van der Waals surface area contributed by atoms with E-state index in [1.165, 1.54) is 16.7 Å². The van der Waals surface area contributed by atoms with Crippen molar-refractivity contribution in [1.82, 2.24) is 4.90 Å². The minimum absolute atomic E-state index is 0.00523. The van der Waals surface area contributed by atoms with Crippen LogP contribution >= 0.6 is 11.8 Å². The highest BCUT2D eigenvalue weighted by atomic mass is 32.2. The second-order valence-corrected chi connectivity index (χ2v) is 3.85. The maximum absolute atomic E-state index is 11.4. The van der Waals surface area contributed by atoms with E-state index in [9.17, 15) is 9.59 Å². The van der Waals surface area contributed by atoms with E-state index in [-0.39, 0.29) is 17.1 Å². The Morgan fingerprint density at radius 1 is 1.58 bits per heavy atom. The van der Waals surface area contributed by atoms with Crippen LogP contribution in [0.25, 0.3) is 0 Å². The lowest BCUT2D eigenvalue weighted by molar-refractivity contribution is -0.138. The molecule has 0 radical (unpaired) electrons. The van der Waals surface area contributed by atoms with Crippen molar-refractivity contribution in [3.63, 3.8) is 0 Å². The van der Waals surface area contributed by atoms with Gasteiger partial charge in [0, 0.05) is 13.0 Å². The molecule has 1 fully saturated rings. The number of carbonyl (C=O) groups is 2. The zero-order valence-electron chi connectivity index (χ0n) is 7.37. The van der Waals surface area contributed by atoms with E-state index in [0.29, 0.717) is 13.0 Å². The maximum Gasteiger partial charge on any atom is 0.242 e. The average Bonchev–Trinajstić information content (AvgIpc) is 2.32. The Morgan fingerprint density at radius 2 is 2.25 bits per heavy atom. The predicted octanol–water partition coefficient (Wildman–Crippen LogP) is 0.887. The van der Waals surface area contributed by atoms with Crippen molar-refractivity contribution >= 4 is 23.6 Å². The van der Waals surface area contributed by atoms with Crippen LogP contribution in [0.5, 0.6) is 0 Å². The number of amides is 2. The van der Waals surface area contributed by atoms with Gasteiger partial charge in [-0.2, -0.15) is 11.8 Å². The molecular weight excluding hydrogens is 174 g/mol. The average molecular weight is 187 g/mol. The van der Waals surface area contributed by atoms with Gasteiger partial charge >= 0.3 is 0 Å². The van der Waals surface area contributed by atoms with Gasteiger partial charge in [-0.1, -0.05) is 6.92 Å². The molecule has 0 saturated carbocycles. The van der Waals surface area contributed by atoms with Crippen molar-refractivity contribution in [3.05, 3.63) is 0 Å². The third kappa shape index (κ3) is 1.63. The fourth-order valence-electron chi connectivity index (χ4n) is 1.30. The second kappa shape index (κ2) is 3.94. The Hall–Kier alpha value is -0.510. The number of imide groups is 1. The first-order chi connectivity index (χ1) is 5.70. The predicted molar refractivity (Wildman–Crippen MR) is 48.9 cm³/mol. The molecule has 12 heavy (non-hydrogen) atoms. The minimum atomic E-state index is -0.121. The van der Waals surface area contributed by atoms with Crippen LogP contribution in [0.15, 0.2) is 0 Å². The molecule has 1 unspecified atom stereocenters. The van der Waals surface area contributed by atoms with Crippen LogP contribution in [0.3, 0.4) is 0 Å². The summed E-state index contributed by atoms with van der Waals surface area (Å²) in [5.41, 5.74) is 0. The Labute approximate surface area is 76.5 Å². The third-order valence-electron chi connectivity index (χ3n) is 1.93. The van der Waals surface area contributed by atoms with Crippen LogP contribution in [-0.4, -0.2) is 34.8 Å². The van der Waals surface area contributed by atoms with Crippen molar-refractivity contribution in [2.75, 3.05) is 12.8 Å². The normalized spacial score (nSPS) is 23.8. The third-order valence-corrected chi connectivity index (χ3v) is 2.87. The molecule has 1 heterocycles. The van der Waals surface area contributed by atoms with Gasteiger partial charge in [0.2, 0.25) is 11.8 Å². The molecule has 1 rings (SSSR count). The molecule has 1 saturated heterocycles. The molecule has 4 heteroatoms. The van der Waals surface area contributed by atoms with Gasteiger partial charge in [-0.15, -0.1) is 0 Å². The summed E-state index contributed by atoms with van der Waals surface area (Å²) in [6, 6.07) is 0. The quantitative estimate of drug-likeness (QED) is 0.616. The highest BCUT2D eigenvalue weighted by Gasteiger charge is 2.37. The molecule has 1 aliphatic rings. The standard InChI is InChI=1S/C8H13NO2S/c1-3-4-9-7(10)5-6(12-2)8(9)11/h6H,3-5H2,1-2H3. The molecule has 3 nitrogen and oxygen atoms in total. The van der Waals surface area contributed by atoms with Crippen molar-refractivity contribution < 1.29 is 9.59 Å². The zero-order chi connectivity index (χ0) is 9.14. The molecule has 0 N–H and O–H groups in total. The SMILES string of the molecule is CCCN1C(=O)CC(SC)C1=O. The van der Waals surface area contributed by atoms with Crippen molar-refractivity contribution in [3.8, 4) is 0 Å². The molecular formula is C8H13NO2S. The summed E-state index contributed by atoms with van der Waals surface area (Å²) in [5.74, 6) is -0.0180. The van der Waals surface area contributed by atoms with Crippen LogP contribution in [-0.2, 0) is 9.59 Å². The first kappa shape index (κ1) is 9.58. The van der Waals surface area contributed by atoms with Crippen LogP contribution in [0.4, 0.5) is 0 Å². The molecule has 0 aromatic rings. The molecule has 0 aromatic carbocycles. The lowest BCUT2D eigenvalue weighted by Crippen LogP contribution is -2.31. The second-order valence-electron chi connectivity index (χ2n) is 2.81. The first-order valence-corrected chi connectivity index (χ1v) is 5.36. The van der Waals surface area contributed by atoms with Crippen molar-refractivity contribution in [1.29, 1.82) is 0 Å². The van der Waals surface area contributed by atoms with E-state index >= 15 is 0 Å². The monoisotopic (exact) mass is 187 g/mol. The van der Waals surface area contributed by atoms with Gasteiger partial charge in [0.25, 0.3) is 0 Å². The number of likely N-dealkylation sites (tertiary alicyclic amines) is 1. The van der Waals surface area contributed by atoms with Gasteiger partial charge in [-0.3, -0.25) is 14.5 Å². The zero-order valence-corrected chi connectivity index (χ0v) is 8.19. The summed E-state index contributed by atoms with van der Waals surface area (Å²) in [6.45, 7) is 2.54. The summed E-state index contributed by atoms with van der Waals surface area (Å²) in [5, 5.41) is -0.121. The minimum Gasteiger partial charge on any atom is -0.282 e. The van der Waals surface area contributed by atoms with Crippen molar-refractivity contribution in [2.45, 2.75) is 25.0 Å². The largest absolute Gasteiger partial charge is 0.282 e. The van der Waals surface area contributed by atoms with E-state index in [1.807, 2.05) is 13.2 Å². The van der Waals surface area contributed by atoms with Crippen molar-refractivity contribution in [2.24, 2.45) is 0 Å². The van der Waals surface area contributed by atoms with E-state index < -0.39 is 0 Å². The summed E-state index contributed by atoms with van der Waals surface area (Å²) in [4.78, 5) is 24.0. The van der Waals surface area contributed by atoms with Gasteiger partial charge in [0.1, 0.15) is 0 Å². The van der Waals surface area contributed by atoms with Gasteiger partial charge < -0.3 is 0 Å². The van der Waals surface area contributed by atoms with Crippen LogP contribution in [0.2, 0.25) is 0 Å². The topological polar surface area (TPSA) is 37.4 Å². The van der Waals surface area contributed by atoms with Crippen LogP contribution < -0.4 is 0 Å². The molecule has 0 bridgehead atoms. The van der Waals surface area contributed by atoms with Gasteiger partial charge in [-0.05, 0) is 12.7 Å². The van der Waals surface area contributed by atoms with E-state index in [2.05, 4.69) is 0 Å². The Bertz CT molecular complexity index is 205. The summed E-state index contributed by atoms with van der Waals surface area (Å²) in [7, 11) is 0. The lowest BCUT2D eigenvalue weighted by Gasteiger charge is -2.12. The highest BCUT2D eigenvalue weighted by molar-refractivity contribution is 8.00. The van der Waals surface area contributed by atoms with Gasteiger partial charge in [0.05, 0.1) is 5.25 Å². The van der Waals surface area contributed by atoms with E-state index in [4.69, 9.17) is 0 Å². The molecule has 0 aromatic heterocycles. The van der Waals surface area contributed by atoms with E-state index in [0.717, 1.165) is 6.42 Å². The fraction of sp³-hybridized carbons (Fsp3) is 0.750. The van der Waals surface area contributed by atoms with Crippen LogP contribution in [0.1, 0.15) is 19.8 Å². The number of rotatable bonds is 3. The summed E-state index contributed by atoms with van der Waals surface area (Å²) in [6.07, 6.45) is 3.10. The molecule has 68 valence electrons. The highest BCUT2D eigenvalue weighted by Crippen LogP contribution is 2.22. The summed E-state index contributed by atoms with van der Waals surface area (Å²) < 4.78 is 0. The summed E-state index contributed by atoms with van der Waals surface area (Å²) >= 11 is 1.46. The number of thioether (sulfide) groups is 1. The number of hydrogen-bond acceptors (Lipinski definition) is 3. The fourth-order valence-corrected chi connectivity index (χ4v) is 1.93. The Kier molecular flexibility index (Phi) is 3.14.